The predicted molar refractivity (Wildman–Crippen MR) is 112 cm³/mol. The molecular weight excluding hydrogens is 392 g/mol. The van der Waals surface area contributed by atoms with Gasteiger partial charge in [0.2, 0.25) is 0 Å². The van der Waals surface area contributed by atoms with E-state index in [0.29, 0.717) is 12.3 Å². The number of aromatic nitrogens is 1. The van der Waals surface area contributed by atoms with Crippen LogP contribution in [0.2, 0.25) is 0 Å². The largest absolute Gasteiger partial charge is 0.380 e. The summed E-state index contributed by atoms with van der Waals surface area (Å²) in [5, 5.41) is 0.961. The Morgan fingerprint density at radius 2 is 1.52 bits per heavy atom. The topological polar surface area (TPSA) is 78.8 Å². The van der Waals surface area contributed by atoms with Gasteiger partial charge in [0.1, 0.15) is 0 Å². The summed E-state index contributed by atoms with van der Waals surface area (Å²) in [5.41, 5.74) is 3.92. The van der Waals surface area contributed by atoms with E-state index in [-0.39, 0.29) is 18.1 Å². The average Bonchev–Trinajstić information content (AvgIpc) is 3.04. The molecule has 0 bridgehead atoms. The summed E-state index contributed by atoms with van der Waals surface area (Å²) < 4.78 is 46.7. The molecule has 0 amide bonds. The first-order chi connectivity index (χ1) is 13.9. The molecule has 0 atom stereocenters. The van der Waals surface area contributed by atoms with Crippen LogP contribution in [-0.2, 0) is 51.1 Å². The second kappa shape index (κ2) is 8.96. The molecule has 2 aromatic carbocycles. The molecule has 29 heavy (non-hydrogen) atoms. The van der Waals surface area contributed by atoms with Gasteiger partial charge in [-0.2, -0.15) is 0 Å². The van der Waals surface area contributed by atoms with Crippen LogP contribution in [0.4, 0.5) is 5.69 Å². The van der Waals surface area contributed by atoms with Crippen molar-refractivity contribution >= 4 is 26.6 Å². The molecule has 0 saturated heterocycles. The molecule has 0 spiro atoms. The molecule has 3 rings (SSSR count). The number of ether oxygens (including phenoxy) is 3. The number of benzene rings is 2. The summed E-state index contributed by atoms with van der Waals surface area (Å²) in [6, 6.07) is 10.7. The van der Waals surface area contributed by atoms with Gasteiger partial charge in [-0.25, -0.2) is 8.42 Å². The quantitative estimate of drug-likeness (QED) is 0.576. The number of hydrogen-bond donors (Lipinski definition) is 1. The van der Waals surface area contributed by atoms with Gasteiger partial charge >= 0.3 is 0 Å². The minimum Gasteiger partial charge on any atom is -0.380 e. The molecular formula is C21H26N2O5S. The Labute approximate surface area is 171 Å². The minimum absolute atomic E-state index is 0.157. The molecule has 0 aliphatic heterocycles. The number of nitrogens with one attached hydrogen (secondary N) is 1. The zero-order valence-corrected chi connectivity index (χ0v) is 17.9. The van der Waals surface area contributed by atoms with Crippen LogP contribution in [0.25, 0.3) is 10.9 Å². The van der Waals surface area contributed by atoms with Crippen molar-refractivity contribution in [1.82, 2.24) is 4.57 Å². The van der Waals surface area contributed by atoms with Crippen molar-refractivity contribution < 1.29 is 22.6 Å². The van der Waals surface area contributed by atoms with Crippen LogP contribution in [0.5, 0.6) is 0 Å². The smallest absolute Gasteiger partial charge is 0.261 e. The van der Waals surface area contributed by atoms with E-state index in [1.807, 2.05) is 36.0 Å². The number of fused-ring (bicyclic) bond motifs is 1. The molecule has 1 aromatic heterocycles. The Morgan fingerprint density at radius 3 is 2.10 bits per heavy atom. The summed E-state index contributed by atoms with van der Waals surface area (Å²) in [4.78, 5) is 0.157. The normalized spacial score (nSPS) is 11.9. The van der Waals surface area contributed by atoms with Crippen molar-refractivity contribution in [1.29, 1.82) is 0 Å². The summed E-state index contributed by atoms with van der Waals surface area (Å²) in [5.74, 6) is 0. The van der Waals surface area contributed by atoms with Crippen LogP contribution in [0.15, 0.2) is 47.5 Å². The fourth-order valence-electron chi connectivity index (χ4n) is 3.38. The van der Waals surface area contributed by atoms with Crippen molar-refractivity contribution in [3.05, 3.63) is 59.3 Å². The van der Waals surface area contributed by atoms with Gasteiger partial charge in [-0.1, -0.05) is 0 Å². The molecule has 8 heteroatoms. The molecule has 0 radical (unpaired) electrons. The van der Waals surface area contributed by atoms with Crippen molar-refractivity contribution in [3.63, 3.8) is 0 Å². The van der Waals surface area contributed by atoms with Gasteiger partial charge in [0.05, 0.1) is 24.7 Å². The van der Waals surface area contributed by atoms with E-state index in [2.05, 4.69) is 4.72 Å². The molecule has 156 valence electrons. The van der Waals surface area contributed by atoms with Crippen molar-refractivity contribution in [2.75, 3.05) is 26.1 Å². The van der Waals surface area contributed by atoms with Gasteiger partial charge in [0.25, 0.3) is 10.0 Å². The Hall–Kier alpha value is -2.39. The lowest BCUT2D eigenvalue weighted by Gasteiger charge is -2.17. The maximum Gasteiger partial charge on any atom is 0.261 e. The van der Waals surface area contributed by atoms with E-state index < -0.39 is 10.0 Å². The second-order valence-corrected chi connectivity index (χ2v) is 8.51. The van der Waals surface area contributed by atoms with Crippen LogP contribution < -0.4 is 4.72 Å². The molecule has 0 aliphatic rings. The first kappa shape index (κ1) is 21.3. The van der Waals surface area contributed by atoms with Gasteiger partial charge in [-0.05, 0) is 53.1 Å². The van der Waals surface area contributed by atoms with E-state index in [0.717, 1.165) is 27.6 Å². The maximum atomic E-state index is 13.1. The fourth-order valence-corrected chi connectivity index (χ4v) is 4.53. The van der Waals surface area contributed by atoms with E-state index in [4.69, 9.17) is 14.2 Å². The van der Waals surface area contributed by atoms with Gasteiger partial charge in [-0.15, -0.1) is 0 Å². The number of rotatable bonds is 9. The van der Waals surface area contributed by atoms with Crippen LogP contribution in [-0.4, -0.2) is 34.3 Å². The van der Waals surface area contributed by atoms with E-state index in [9.17, 15) is 8.42 Å². The van der Waals surface area contributed by atoms with Crippen molar-refractivity contribution in [2.45, 2.75) is 24.7 Å². The summed E-state index contributed by atoms with van der Waals surface area (Å²) in [7, 11) is 2.89. The third kappa shape index (κ3) is 4.62. The zero-order chi connectivity index (χ0) is 21.0. The lowest BCUT2D eigenvalue weighted by Crippen LogP contribution is -2.15. The Bertz CT molecular complexity index is 1080. The first-order valence-corrected chi connectivity index (χ1v) is 10.6. The van der Waals surface area contributed by atoms with E-state index >= 15 is 0 Å². The number of aryl methyl sites for hydroxylation is 1. The summed E-state index contributed by atoms with van der Waals surface area (Å²) >= 11 is 0. The van der Waals surface area contributed by atoms with Crippen molar-refractivity contribution in [2.24, 2.45) is 7.05 Å². The summed E-state index contributed by atoms with van der Waals surface area (Å²) in [6.45, 7) is 0.888. The lowest BCUT2D eigenvalue weighted by molar-refractivity contribution is 0.158. The monoisotopic (exact) mass is 418 g/mol. The Kier molecular flexibility index (Phi) is 6.59. The highest BCUT2D eigenvalue weighted by Gasteiger charge is 2.20. The number of methoxy groups -OCH3 is 3. The van der Waals surface area contributed by atoms with Crippen LogP contribution in [0.1, 0.15) is 16.7 Å². The third-order valence-corrected chi connectivity index (χ3v) is 6.11. The Balaban J connectivity index is 2.01. The molecule has 1 heterocycles. The lowest BCUT2D eigenvalue weighted by atomic mass is 10.0. The average molecular weight is 419 g/mol. The predicted octanol–water partition coefficient (Wildman–Crippen LogP) is 3.42. The van der Waals surface area contributed by atoms with Crippen LogP contribution in [0, 0.1) is 0 Å². The third-order valence-electron chi connectivity index (χ3n) is 4.74. The van der Waals surface area contributed by atoms with Gasteiger partial charge in [0, 0.05) is 51.2 Å². The number of sulfonamides is 1. The van der Waals surface area contributed by atoms with Crippen LogP contribution in [0.3, 0.4) is 0 Å². The highest BCUT2D eigenvalue weighted by molar-refractivity contribution is 7.92. The molecule has 0 saturated carbocycles. The van der Waals surface area contributed by atoms with Crippen LogP contribution >= 0.6 is 0 Å². The first-order valence-electron chi connectivity index (χ1n) is 9.09. The SMILES string of the molecule is COCc1cc(S(=O)(=O)Nc2ccc3c(ccn3C)c2)cc(COC)c1COC. The standard InChI is InChI=1S/C21H26N2O5S/c1-23-8-7-15-9-18(5-6-21(15)23)22-29(24,25)19-10-16(12-26-2)20(14-28-4)17(11-19)13-27-3/h5-11,22H,12-14H2,1-4H3. The van der Waals surface area contributed by atoms with Crippen molar-refractivity contribution in [3.8, 4) is 0 Å². The van der Waals surface area contributed by atoms with E-state index in [1.165, 1.54) is 0 Å². The highest BCUT2D eigenvalue weighted by Crippen LogP contribution is 2.26. The number of anilines is 1. The number of hydrogen-bond acceptors (Lipinski definition) is 5. The molecule has 0 aliphatic carbocycles. The molecule has 3 aromatic rings. The fraction of sp³-hybridized carbons (Fsp3) is 0.333. The van der Waals surface area contributed by atoms with E-state index in [1.54, 1.807) is 39.5 Å². The second-order valence-electron chi connectivity index (χ2n) is 6.82. The zero-order valence-electron chi connectivity index (χ0n) is 17.1. The van der Waals surface area contributed by atoms with Gasteiger partial charge in [0.15, 0.2) is 0 Å². The minimum atomic E-state index is -3.80. The Morgan fingerprint density at radius 1 is 0.897 bits per heavy atom. The molecule has 1 N–H and O–H groups in total. The van der Waals surface area contributed by atoms with Gasteiger partial charge < -0.3 is 18.8 Å². The number of nitrogens with zero attached hydrogens (tertiary/aromatic N) is 1. The summed E-state index contributed by atoms with van der Waals surface area (Å²) in [6.07, 6.45) is 1.94. The molecule has 0 fully saturated rings. The molecule has 7 nitrogen and oxygen atoms in total. The highest BCUT2D eigenvalue weighted by atomic mass is 32.2. The maximum absolute atomic E-state index is 13.1. The molecule has 0 unspecified atom stereocenters. The van der Waals surface area contributed by atoms with Gasteiger partial charge in [-0.3, -0.25) is 4.72 Å².